The van der Waals surface area contributed by atoms with Gasteiger partial charge in [-0.2, -0.15) is 4.39 Å². The zero-order chi connectivity index (χ0) is 9.97. The summed E-state index contributed by atoms with van der Waals surface area (Å²) >= 11 is 0. The first-order valence-electron chi connectivity index (χ1n) is 4.16. The van der Waals surface area contributed by atoms with Crippen molar-refractivity contribution in [3.05, 3.63) is 29.8 Å². The highest BCUT2D eigenvalue weighted by molar-refractivity contribution is 5.89. The first-order valence-corrected chi connectivity index (χ1v) is 4.16. The van der Waals surface area contributed by atoms with E-state index < -0.39 is 11.9 Å². The summed E-state index contributed by atoms with van der Waals surface area (Å²) < 4.78 is 22.2. The van der Waals surface area contributed by atoms with E-state index in [1.807, 2.05) is 0 Å². The molecule has 14 heavy (non-hydrogen) atoms. The summed E-state index contributed by atoms with van der Waals surface area (Å²) in [5.74, 6) is -1.11. The highest BCUT2D eigenvalue weighted by Gasteiger charge is 2.23. The van der Waals surface area contributed by atoms with Crippen LogP contribution in [0.2, 0.25) is 0 Å². The van der Waals surface area contributed by atoms with Crippen LogP contribution >= 0.6 is 0 Å². The number of carbonyl (C=O) groups excluding carboxylic acids is 1. The number of rotatable bonds is 2. The molecule has 0 amide bonds. The summed E-state index contributed by atoms with van der Waals surface area (Å²) in [5, 5.41) is 0. The van der Waals surface area contributed by atoms with Crippen molar-refractivity contribution >= 4 is 5.97 Å². The van der Waals surface area contributed by atoms with Crippen molar-refractivity contribution in [1.82, 2.24) is 4.98 Å². The lowest BCUT2D eigenvalue weighted by molar-refractivity contribution is -0.103. The van der Waals surface area contributed by atoms with E-state index in [0.29, 0.717) is 13.2 Å². The predicted molar refractivity (Wildman–Crippen MR) is 44.2 cm³/mol. The number of ether oxygens (including phenoxy) is 2. The van der Waals surface area contributed by atoms with E-state index in [0.717, 1.165) is 12.3 Å². The minimum absolute atomic E-state index is 0.174. The molecule has 0 atom stereocenters. The third-order valence-corrected chi connectivity index (χ3v) is 1.84. The van der Waals surface area contributed by atoms with E-state index in [2.05, 4.69) is 4.98 Å². The standard InChI is InChI=1S/C9H8FNO3/c10-8-2-1-6(3-11-8)9(12)14-7-4-13-5-7/h1-3,7H,4-5H2. The van der Waals surface area contributed by atoms with E-state index in [9.17, 15) is 9.18 Å². The Kier molecular flexibility index (Phi) is 2.41. The van der Waals surface area contributed by atoms with E-state index in [4.69, 9.17) is 9.47 Å². The monoisotopic (exact) mass is 197 g/mol. The fourth-order valence-electron chi connectivity index (χ4n) is 0.998. The fourth-order valence-corrected chi connectivity index (χ4v) is 0.998. The van der Waals surface area contributed by atoms with Gasteiger partial charge in [0.05, 0.1) is 18.8 Å². The van der Waals surface area contributed by atoms with Crippen molar-refractivity contribution < 1.29 is 18.7 Å². The van der Waals surface area contributed by atoms with Gasteiger partial charge in [-0.1, -0.05) is 0 Å². The maximum absolute atomic E-state index is 12.4. The summed E-state index contributed by atoms with van der Waals surface area (Å²) in [6, 6.07) is 2.46. The van der Waals surface area contributed by atoms with Crippen LogP contribution < -0.4 is 0 Å². The Hall–Kier alpha value is -1.49. The van der Waals surface area contributed by atoms with Crippen molar-refractivity contribution in [3.63, 3.8) is 0 Å². The minimum Gasteiger partial charge on any atom is -0.454 e. The molecule has 0 bridgehead atoms. The minimum atomic E-state index is -0.617. The Balaban J connectivity index is 1.99. The Bertz CT molecular complexity index is 334. The Labute approximate surface area is 79.7 Å². The molecule has 2 rings (SSSR count). The molecule has 0 spiro atoms. The summed E-state index contributed by atoms with van der Waals surface area (Å²) in [6.07, 6.45) is 0.976. The number of hydrogen-bond donors (Lipinski definition) is 0. The number of hydrogen-bond acceptors (Lipinski definition) is 4. The molecule has 1 aliphatic heterocycles. The average Bonchev–Trinajstić information content (AvgIpc) is 2.12. The summed E-state index contributed by atoms with van der Waals surface area (Å²) in [5.41, 5.74) is 0.248. The molecule has 2 heterocycles. The van der Waals surface area contributed by atoms with Gasteiger partial charge in [0, 0.05) is 6.20 Å². The van der Waals surface area contributed by atoms with E-state index in [-0.39, 0.29) is 11.7 Å². The van der Waals surface area contributed by atoms with Crippen LogP contribution in [0, 0.1) is 5.95 Å². The third kappa shape index (κ3) is 1.88. The van der Waals surface area contributed by atoms with Crippen LogP contribution in [0.1, 0.15) is 10.4 Å². The Morgan fingerprint density at radius 2 is 2.36 bits per heavy atom. The maximum atomic E-state index is 12.4. The predicted octanol–water partition coefficient (Wildman–Crippen LogP) is 0.776. The first-order chi connectivity index (χ1) is 6.75. The molecule has 1 saturated heterocycles. The molecule has 0 saturated carbocycles. The SMILES string of the molecule is O=C(OC1COC1)c1ccc(F)nc1. The molecule has 1 aromatic heterocycles. The van der Waals surface area contributed by atoms with Crippen molar-refractivity contribution in [3.8, 4) is 0 Å². The van der Waals surface area contributed by atoms with Crippen LogP contribution in [0.25, 0.3) is 0 Å². The second kappa shape index (κ2) is 3.71. The van der Waals surface area contributed by atoms with Gasteiger partial charge in [-0.15, -0.1) is 0 Å². The molecule has 74 valence electrons. The average molecular weight is 197 g/mol. The fraction of sp³-hybridized carbons (Fsp3) is 0.333. The summed E-state index contributed by atoms with van der Waals surface area (Å²) in [6.45, 7) is 0.862. The second-order valence-electron chi connectivity index (χ2n) is 2.93. The molecule has 4 nitrogen and oxygen atoms in total. The highest BCUT2D eigenvalue weighted by atomic mass is 19.1. The van der Waals surface area contributed by atoms with Crippen molar-refractivity contribution in [2.45, 2.75) is 6.10 Å². The van der Waals surface area contributed by atoms with Crippen LogP contribution in [0.3, 0.4) is 0 Å². The Morgan fingerprint density at radius 3 is 2.86 bits per heavy atom. The van der Waals surface area contributed by atoms with Gasteiger partial charge in [0.25, 0.3) is 0 Å². The number of halogens is 1. The van der Waals surface area contributed by atoms with Crippen LogP contribution in [0.4, 0.5) is 4.39 Å². The summed E-state index contributed by atoms with van der Waals surface area (Å²) in [7, 11) is 0. The highest BCUT2D eigenvalue weighted by Crippen LogP contribution is 2.09. The molecule has 1 fully saturated rings. The Morgan fingerprint density at radius 1 is 1.57 bits per heavy atom. The van der Waals surface area contributed by atoms with Gasteiger partial charge in [0.15, 0.2) is 0 Å². The lowest BCUT2D eigenvalue weighted by Crippen LogP contribution is -2.37. The molecule has 1 aliphatic rings. The number of nitrogens with zero attached hydrogens (tertiary/aromatic N) is 1. The molecule has 0 unspecified atom stereocenters. The van der Waals surface area contributed by atoms with Crippen LogP contribution in [-0.2, 0) is 9.47 Å². The molecule has 0 N–H and O–H groups in total. The normalized spacial score (nSPS) is 16.1. The van der Waals surface area contributed by atoms with Gasteiger partial charge >= 0.3 is 5.97 Å². The van der Waals surface area contributed by atoms with Gasteiger partial charge < -0.3 is 9.47 Å². The number of esters is 1. The number of pyridine rings is 1. The van der Waals surface area contributed by atoms with E-state index in [1.54, 1.807) is 0 Å². The van der Waals surface area contributed by atoms with Crippen molar-refractivity contribution in [2.24, 2.45) is 0 Å². The van der Waals surface area contributed by atoms with Crippen molar-refractivity contribution in [2.75, 3.05) is 13.2 Å². The number of carbonyl (C=O) groups is 1. The van der Waals surface area contributed by atoms with E-state index in [1.165, 1.54) is 6.07 Å². The third-order valence-electron chi connectivity index (χ3n) is 1.84. The van der Waals surface area contributed by atoms with Gasteiger partial charge in [-0.25, -0.2) is 9.78 Å². The quantitative estimate of drug-likeness (QED) is 0.519. The lowest BCUT2D eigenvalue weighted by Gasteiger charge is -2.25. The van der Waals surface area contributed by atoms with Crippen LogP contribution in [0.5, 0.6) is 0 Å². The smallest absolute Gasteiger partial charge is 0.340 e. The van der Waals surface area contributed by atoms with Gasteiger partial charge in [0.1, 0.15) is 6.10 Å². The number of aromatic nitrogens is 1. The molecular formula is C9H8FNO3. The topological polar surface area (TPSA) is 48.4 Å². The van der Waals surface area contributed by atoms with Crippen LogP contribution in [0.15, 0.2) is 18.3 Å². The summed E-state index contributed by atoms with van der Waals surface area (Å²) in [4.78, 5) is 14.7. The maximum Gasteiger partial charge on any atom is 0.340 e. The molecule has 5 heteroatoms. The lowest BCUT2D eigenvalue weighted by atomic mass is 10.3. The van der Waals surface area contributed by atoms with E-state index >= 15 is 0 Å². The molecule has 1 aromatic rings. The van der Waals surface area contributed by atoms with Gasteiger partial charge in [-0.3, -0.25) is 0 Å². The molecular weight excluding hydrogens is 189 g/mol. The zero-order valence-corrected chi connectivity index (χ0v) is 7.27. The molecule has 0 aliphatic carbocycles. The molecule has 0 aromatic carbocycles. The van der Waals surface area contributed by atoms with Gasteiger partial charge in [0.2, 0.25) is 5.95 Å². The second-order valence-corrected chi connectivity index (χ2v) is 2.93. The zero-order valence-electron chi connectivity index (χ0n) is 7.27. The molecule has 0 radical (unpaired) electrons. The van der Waals surface area contributed by atoms with Crippen LogP contribution in [-0.4, -0.2) is 30.3 Å². The van der Waals surface area contributed by atoms with Crippen molar-refractivity contribution in [1.29, 1.82) is 0 Å². The van der Waals surface area contributed by atoms with Gasteiger partial charge in [-0.05, 0) is 12.1 Å². The largest absolute Gasteiger partial charge is 0.454 e. The first kappa shape index (κ1) is 9.08.